The summed E-state index contributed by atoms with van der Waals surface area (Å²) in [4.78, 5) is 41.7. The van der Waals surface area contributed by atoms with Gasteiger partial charge < -0.3 is 19.5 Å². The topological polar surface area (TPSA) is 96.4 Å². The van der Waals surface area contributed by atoms with Crippen LogP contribution in [-0.2, 0) is 19.1 Å². The average Bonchev–Trinajstić information content (AvgIpc) is 3.14. The summed E-state index contributed by atoms with van der Waals surface area (Å²) in [6.45, 7) is 3.97. The summed E-state index contributed by atoms with van der Waals surface area (Å²) in [6.07, 6.45) is 0.625. The number of carbonyl (C=O) groups is 3. The zero-order chi connectivity index (χ0) is 24.9. The molecule has 0 saturated carbocycles. The third-order valence-electron chi connectivity index (χ3n) is 6.28. The van der Waals surface area contributed by atoms with Crippen molar-refractivity contribution >= 4 is 23.4 Å². The standard InChI is InChI=1S/C26H27FN2O6/c1-34-26(33)19-5-3-17(4-6-19)22-21(23(30)18-7-9-20(27)10-8-18)24(31)25(32)29(22)12-2-11-28-13-15-35-16-14-28/h3-10,22,30H,2,11-16H2,1H3/b23-21+. The molecule has 0 bridgehead atoms. The number of hydrogen-bond donors (Lipinski definition) is 1. The van der Waals surface area contributed by atoms with Crippen LogP contribution in [0.5, 0.6) is 0 Å². The van der Waals surface area contributed by atoms with E-state index in [0.29, 0.717) is 37.3 Å². The van der Waals surface area contributed by atoms with E-state index in [-0.39, 0.29) is 16.9 Å². The Kier molecular flexibility index (Phi) is 7.57. The summed E-state index contributed by atoms with van der Waals surface area (Å²) in [7, 11) is 1.28. The van der Waals surface area contributed by atoms with Crippen molar-refractivity contribution in [3.05, 3.63) is 76.6 Å². The number of aliphatic hydroxyl groups excluding tert-OH is 1. The molecule has 35 heavy (non-hydrogen) atoms. The molecule has 2 aromatic carbocycles. The summed E-state index contributed by atoms with van der Waals surface area (Å²) in [6, 6.07) is 10.6. The first kappa shape index (κ1) is 24.6. The lowest BCUT2D eigenvalue weighted by Gasteiger charge is -2.29. The van der Waals surface area contributed by atoms with Crippen LogP contribution in [0.2, 0.25) is 0 Å². The molecule has 2 aromatic rings. The van der Waals surface area contributed by atoms with Gasteiger partial charge in [-0.05, 0) is 48.4 Å². The molecule has 184 valence electrons. The molecule has 2 aliphatic heterocycles. The molecule has 2 heterocycles. The van der Waals surface area contributed by atoms with Crippen molar-refractivity contribution in [2.24, 2.45) is 0 Å². The zero-order valence-corrected chi connectivity index (χ0v) is 19.4. The van der Waals surface area contributed by atoms with Crippen molar-refractivity contribution in [3.63, 3.8) is 0 Å². The maximum atomic E-state index is 13.4. The molecule has 0 aliphatic carbocycles. The Balaban J connectivity index is 1.68. The number of Topliss-reactive ketones (excluding diaryl/α,β-unsaturated/α-hetero) is 1. The van der Waals surface area contributed by atoms with Gasteiger partial charge in [0.2, 0.25) is 0 Å². The fraction of sp³-hybridized carbons (Fsp3) is 0.346. The van der Waals surface area contributed by atoms with Crippen LogP contribution in [0.25, 0.3) is 5.76 Å². The van der Waals surface area contributed by atoms with Gasteiger partial charge in [0.25, 0.3) is 11.7 Å². The molecule has 2 fully saturated rings. The van der Waals surface area contributed by atoms with Crippen molar-refractivity contribution < 1.29 is 33.4 Å². The van der Waals surface area contributed by atoms with Gasteiger partial charge in [0.1, 0.15) is 11.6 Å². The molecule has 0 spiro atoms. The van der Waals surface area contributed by atoms with Crippen molar-refractivity contribution in [2.45, 2.75) is 12.5 Å². The van der Waals surface area contributed by atoms with E-state index in [2.05, 4.69) is 4.90 Å². The van der Waals surface area contributed by atoms with Crippen molar-refractivity contribution in [2.75, 3.05) is 46.5 Å². The molecule has 2 aliphatic rings. The van der Waals surface area contributed by atoms with Crippen molar-refractivity contribution in [3.8, 4) is 0 Å². The van der Waals surface area contributed by atoms with E-state index in [0.717, 1.165) is 19.6 Å². The Morgan fingerprint density at radius 1 is 1.03 bits per heavy atom. The number of halogens is 1. The number of benzene rings is 2. The highest BCUT2D eigenvalue weighted by Gasteiger charge is 2.45. The second kappa shape index (κ2) is 10.8. The Morgan fingerprint density at radius 2 is 1.66 bits per heavy atom. The van der Waals surface area contributed by atoms with Gasteiger partial charge in [0.15, 0.2) is 0 Å². The lowest BCUT2D eigenvalue weighted by atomic mass is 9.94. The van der Waals surface area contributed by atoms with Gasteiger partial charge in [-0.3, -0.25) is 14.5 Å². The average molecular weight is 483 g/mol. The second-order valence-corrected chi connectivity index (χ2v) is 8.42. The highest BCUT2D eigenvalue weighted by Crippen LogP contribution is 2.39. The minimum atomic E-state index is -0.851. The van der Waals surface area contributed by atoms with E-state index in [4.69, 9.17) is 9.47 Å². The Hall–Kier alpha value is -3.56. The van der Waals surface area contributed by atoms with Crippen molar-refractivity contribution in [1.29, 1.82) is 0 Å². The SMILES string of the molecule is COC(=O)c1ccc(C2/C(=C(\O)c3ccc(F)cc3)C(=O)C(=O)N2CCCN2CCOCC2)cc1. The number of morpholine rings is 1. The number of hydrogen-bond acceptors (Lipinski definition) is 7. The number of esters is 1. The van der Waals surface area contributed by atoms with Gasteiger partial charge in [-0.15, -0.1) is 0 Å². The predicted octanol–water partition coefficient (Wildman–Crippen LogP) is 2.76. The number of amides is 1. The summed E-state index contributed by atoms with van der Waals surface area (Å²) in [5.74, 6) is -2.89. The molecule has 9 heteroatoms. The van der Waals surface area contributed by atoms with E-state index >= 15 is 0 Å². The van der Waals surface area contributed by atoms with Crippen LogP contribution in [0.3, 0.4) is 0 Å². The normalized spacial score (nSPS) is 20.3. The van der Waals surface area contributed by atoms with Crippen LogP contribution in [0.4, 0.5) is 4.39 Å². The third kappa shape index (κ3) is 5.26. The predicted molar refractivity (Wildman–Crippen MR) is 125 cm³/mol. The molecule has 1 N–H and O–H groups in total. The lowest BCUT2D eigenvalue weighted by molar-refractivity contribution is -0.140. The molecule has 8 nitrogen and oxygen atoms in total. The van der Waals surface area contributed by atoms with E-state index < -0.39 is 29.5 Å². The minimum absolute atomic E-state index is 0.0706. The molecule has 1 amide bonds. The molecule has 2 saturated heterocycles. The quantitative estimate of drug-likeness (QED) is 0.281. The first-order valence-corrected chi connectivity index (χ1v) is 11.4. The Bertz CT molecular complexity index is 1120. The largest absolute Gasteiger partial charge is 0.507 e. The molecule has 4 rings (SSSR count). The molecule has 1 atom stereocenters. The molecule has 0 aromatic heterocycles. The van der Waals surface area contributed by atoms with E-state index in [1.54, 1.807) is 24.3 Å². The number of ether oxygens (including phenoxy) is 2. The first-order chi connectivity index (χ1) is 16.9. The molecular weight excluding hydrogens is 455 g/mol. The highest BCUT2D eigenvalue weighted by atomic mass is 19.1. The number of aliphatic hydroxyl groups is 1. The van der Waals surface area contributed by atoms with Crippen molar-refractivity contribution in [1.82, 2.24) is 9.80 Å². The second-order valence-electron chi connectivity index (χ2n) is 8.42. The maximum Gasteiger partial charge on any atom is 0.337 e. The summed E-state index contributed by atoms with van der Waals surface area (Å²) in [5.41, 5.74) is 1.04. The van der Waals surface area contributed by atoms with Gasteiger partial charge in [0.05, 0.1) is 37.5 Å². The number of carbonyl (C=O) groups excluding carboxylic acids is 3. The number of nitrogens with zero attached hydrogens (tertiary/aromatic N) is 2. The smallest absolute Gasteiger partial charge is 0.337 e. The summed E-state index contributed by atoms with van der Waals surface area (Å²) >= 11 is 0. The van der Waals surface area contributed by atoms with Crippen LogP contribution in [-0.4, -0.2) is 79.1 Å². The van der Waals surface area contributed by atoms with Crippen LogP contribution in [0.1, 0.15) is 33.9 Å². The number of methoxy groups -OCH3 is 1. The number of rotatable bonds is 7. The highest BCUT2D eigenvalue weighted by molar-refractivity contribution is 6.46. The van der Waals surface area contributed by atoms with Crippen LogP contribution in [0.15, 0.2) is 54.1 Å². The van der Waals surface area contributed by atoms with Gasteiger partial charge in [-0.1, -0.05) is 12.1 Å². The molecule has 1 unspecified atom stereocenters. The monoisotopic (exact) mass is 482 g/mol. The number of ketones is 1. The van der Waals surface area contributed by atoms with Gasteiger partial charge >= 0.3 is 5.97 Å². The maximum absolute atomic E-state index is 13.4. The van der Waals surface area contributed by atoms with E-state index in [1.165, 1.54) is 36.3 Å². The van der Waals surface area contributed by atoms with Gasteiger partial charge in [0, 0.05) is 31.7 Å². The minimum Gasteiger partial charge on any atom is -0.507 e. The fourth-order valence-corrected chi connectivity index (χ4v) is 4.43. The number of likely N-dealkylation sites (tertiary alicyclic amines) is 1. The van der Waals surface area contributed by atoms with Crippen LogP contribution >= 0.6 is 0 Å². The third-order valence-corrected chi connectivity index (χ3v) is 6.28. The van der Waals surface area contributed by atoms with Gasteiger partial charge in [-0.2, -0.15) is 0 Å². The zero-order valence-electron chi connectivity index (χ0n) is 19.4. The molecular formula is C26H27FN2O6. The summed E-state index contributed by atoms with van der Waals surface area (Å²) < 4.78 is 23.5. The van der Waals surface area contributed by atoms with E-state index in [9.17, 15) is 23.9 Å². The van der Waals surface area contributed by atoms with Crippen LogP contribution < -0.4 is 0 Å². The van der Waals surface area contributed by atoms with Gasteiger partial charge in [-0.25, -0.2) is 9.18 Å². The van der Waals surface area contributed by atoms with E-state index in [1.807, 2.05) is 0 Å². The fourth-order valence-electron chi connectivity index (χ4n) is 4.43. The van der Waals surface area contributed by atoms with Crippen LogP contribution in [0, 0.1) is 5.82 Å². The lowest BCUT2D eigenvalue weighted by Crippen LogP contribution is -2.39. The summed E-state index contributed by atoms with van der Waals surface area (Å²) in [5, 5.41) is 11.0. The Labute approximate surface area is 202 Å². The first-order valence-electron chi connectivity index (χ1n) is 11.4. The Morgan fingerprint density at radius 3 is 2.29 bits per heavy atom. The molecule has 0 radical (unpaired) electrons.